The van der Waals surface area contributed by atoms with Crippen molar-refractivity contribution in [3.63, 3.8) is 0 Å². The van der Waals surface area contributed by atoms with E-state index in [4.69, 9.17) is 25.7 Å². The number of nitrogens with zero attached hydrogens (tertiary/aromatic N) is 1. The summed E-state index contributed by atoms with van der Waals surface area (Å²) in [5, 5.41) is 0.809. The Bertz CT molecular complexity index is 933. The van der Waals surface area contributed by atoms with Crippen LogP contribution < -0.4 is 0 Å². The zero-order valence-electron chi connectivity index (χ0n) is 21.5. The minimum Gasteiger partial charge on any atom is -0.384 e. The number of halogens is 1. The molecule has 0 amide bonds. The quantitative estimate of drug-likeness (QED) is 0.171. The van der Waals surface area contributed by atoms with E-state index in [-0.39, 0.29) is 5.41 Å². The van der Waals surface area contributed by atoms with Crippen molar-refractivity contribution < 1.29 is 9.29 Å². The number of ether oxygens (including phenoxy) is 1. The highest BCUT2D eigenvalue weighted by Crippen LogP contribution is 2.42. The number of allylic oxidation sites excluding steroid dienone is 3. The second-order valence-electron chi connectivity index (χ2n) is 10.6. The molecule has 1 aromatic carbocycles. The molecule has 4 nitrogen and oxygen atoms in total. The lowest BCUT2D eigenvalue weighted by Crippen LogP contribution is -2.48. The molecule has 0 bridgehead atoms. The molecule has 0 aliphatic heterocycles. The maximum absolute atomic E-state index is 7.46. The van der Waals surface area contributed by atoms with Crippen molar-refractivity contribution in [3.05, 3.63) is 71.4 Å². The summed E-state index contributed by atoms with van der Waals surface area (Å²) in [5.41, 5.74) is 3.66. The molecule has 0 radical (unpaired) electrons. The summed E-state index contributed by atoms with van der Waals surface area (Å²) in [7, 11) is 0.845. The number of nitrogens with one attached hydrogen (secondary N) is 1. The third kappa shape index (κ3) is 7.55. The standard InChI is InChI=1S/C29H43ClN2O2S/c1-5-23(3)32(18-26-13-12-24(26)10-7-6-9-22(2)19-35(31)33)20-29(21-34-4)16-8-11-25-17-27(30)14-15-28(25)29/h5-7,14-15,17,22,24,26H,1,3,8-13,16,18-21H2,2,4H3,(H2,31,33)/p+1/b7-6+/t22-,24+,26-,29-,35?/m0/s1. The highest BCUT2D eigenvalue weighted by atomic mass is 35.5. The van der Waals surface area contributed by atoms with Crippen LogP contribution in [0.15, 0.2) is 55.3 Å². The molecular formula is C29H44ClN2O2S+. The first-order chi connectivity index (χ1) is 16.8. The maximum Gasteiger partial charge on any atom is 0.178 e. The van der Waals surface area contributed by atoms with Gasteiger partial charge in [-0.3, -0.25) is 0 Å². The van der Waals surface area contributed by atoms with Gasteiger partial charge in [-0.1, -0.05) is 49.9 Å². The van der Waals surface area contributed by atoms with Gasteiger partial charge in [0.15, 0.2) is 11.0 Å². The third-order valence-corrected chi connectivity index (χ3v) is 9.06. The molecule has 1 unspecified atom stereocenters. The smallest absolute Gasteiger partial charge is 0.178 e. The van der Waals surface area contributed by atoms with Crippen LogP contribution in [-0.4, -0.2) is 42.0 Å². The number of hydrogen-bond acceptors (Lipinski definition) is 3. The fourth-order valence-electron chi connectivity index (χ4n) is 5.88. The topological polar surface area (TPSA) is 59.2 Å². The SMILES string of the molecule is C=CC(=C)N(C[C@@H]1CC[C@H]1C/C=C/C[C@H](C)CS(=N)[OH2+])C[C@]1(COC)CCCc2cc(Cl)ccc21. The molecule has 0 aromatic heterocycles. The molecule has 3 rings (SSSR count). The second kappa shape index (κ2) is 13.2. The average molecular weight is 520 g/mol. The van der Waals surface area contributed by atoms with Gasteiger partial charge in [-0.25, -0.2) is 4.78 Å². The molecule has 1 fully saturated rings. The molecule has 6 heteroatoms. The van der Waals surface area contributed by atoms with Crippen LogP contribution in [0.4, 0.5) is 0 Å². The van der Waals surface area contributed by atoms with E-state index >= 15 is 0 Å². The lowest BCUT2D eigenvalue weighted by molar-refractivity contribution is 0.0722. The first-order valence-corrected chi connectivity index (χ1v) is 14.7. The minimum atomic E-state index is -0.963. The van der Waals surface area contributed by atoms with Crippen molar-refractivity contribution in [2.24, 2.45) is 17.8 Å². The lowest BCUT2D eigenvalue weighted by atomic mass is 9.69. The summed E-state index contributed by atoms with van der Waals surface area (Å²) in [4.78, 5) is 2.46. The van der Waals surface area contributed by atoms with Crippen LogP contribution >= 0.6 is 11.6 Å². The van der Waals surface area contributed by atoms with Crippen LogP contribution in [0.2, 0.25) is 5.02 Å². The Morgan fingerprint density at radius 1 is 1.37 bits per heavy atom. The second-order valence-corrected chi connectivity index (χ2v) is 12.2. The molecule has 0 spiro atoms. The summed E-state index contributed by atoms with van der Waals surface area (Å²) in [6.45, 7) is 13.1. The summed E-state index contributed by atoms with van der Waals surface area (Å²) >= 11 is 6.34. The zero-order chi connectivity index (χ0) is 25.4. The number of aryl methyl sites for hydroxylation is 1. The molecule has 0 heterocycles. The summed E-state index contributed by atoms with van der Waals surface area (Å²) in [6, 6.07) is 6.37. The van der Waals surface area contributed by atoms with E-state index in [0.29, 0.717) is 30.1 Å². The predicted octanol–water partition coefficient (Wildman–Crippen LogP) is 6.58. The number of methoxy groups -OCH3 is 1. The molecule has 1 aromatic rings. The van der Waals surface area contributed by atoms with Gasteiger partial charge in [0.25, 0.3) is 0 Å². The average Bonchev–Trinajstić information content (AvgIpc) is 2.80. The monoisotopic (exact) mass is 519 g/mol. The van der Waals surface area contributed by atoms with E-state index in [1.54, 1.807) is 0 Å². The van der Waals surface area contributed by atoms with Gasteiger partial charge in [0.1, 0.15) is 0 Å². The van der Waals surface area contributed by atoms with Crippen LogP contribution in [-0.2, 0) is 27.5 Å². The minimum absolute atomic E-state index is 0.0671. The Kier molecular flexibility index (Phi) is 10.7. The number of rotatable bonds is 14. The van der Waals surface area contributed by atoms with E-state index in [0.717, 1.165) is 55.9 Å². The number of fused-ring (bicyclic) bond motifs is 1. The van der Waals surface area contributed by atoms with Crippen molar-refractivity contribution in [1.82, 2.24) is 4.90 Å². The van der Waals surface area contributed by atoms with Crippen molar-refractivity contribution in [2.45, 2.75) is 57.3 Å². The van der Waals surface area contributed by atoms with E-state index in [2.05, 4.69) is 49.3 Å². The summed E-state index contributed by atoms with van der Waals surface area (Å²) in [6.07, 6.45) is 14.4. The molecule has 2 aliphatic carbocycles. The Morgan fingerprint density at radius 3 is 2.80 bits per heavy atom. The van der Waals surface area contributed by atoms with E-state index < -0.39 is 11.0 Å². The van der Waals surface area contributed by atoms with Crippen LogP contribution in [0.5, 0.6) is 0 Å². The Balaban J connectivity index is 1.68. The van der Waals surface area contributed by atoms with Crippen LogP contribution in [0, 0.1) is 22.5 Å². The molecular weight excluding hydrogens is 476 g/mol. The molecule has 194 valence electrons. The molecule has 3 N–H and O–H groups in total. The summed E-state index contributed by atoms with van der Waals surface area (Å²) < 4.78 is 20.7. The largest absolute Gasteiger partial charge is 0.384 e. The van der Waals surface area contributed by atoms with E-state index in [9.17, 15) is 0 Å². The van der Waals surface area contributed by atoms with Gasteiger partial charge in [0.05, 0.1) is 12.4 Å². The van der Waals surface area contributed by atoms with Gasteiger partial charge in [-0.2, -0.15) is 0 Å². The number of benzene rings is 1. The van der Waals surface area contributed by atoms with E-state index in [1.165, 1.54) is 24.0 Å². The number of hydrogen-bond donors (Lipinski definition) is 1. The highest BCUT2D eigenvalue weighted by Gasteiger charge is 2.40. The first-order valence-electron chi connectivity index (χ1n) is 12.9. The highest BCUT2D eigenvalue weighted by molar-refractivity contribution is 7.80. The Morgan fingerprint density at radius 2 is 2.14 bits per heavy atom. The van der Waals surface area contributed by atoms with Crippen LogP contribution in [0.3, 0.4) is 0 Å². The maximum atomic E-state index is 7.46. The van der Waals surface area contributed by atoms with Gasteiger partial charge < -0.3 is 14.2 Å². The summed E-state index contributed by atoms with van der Waals surface area (Å²) in [5.74, 6) is 2.46. The zero-order valence-corrected chi connectivity index (χ0v) is 23.1. The molecule has 5 atom stereocenters. The van der Waals surface area contributed by atoms with Gasteiger partial charge in [0, 0.05) is 36.3 Å². The van der Waals surface area contributed by atoms with Crippen molar-refractivity contribution in [2.75, 3.05) is 32.6 Å². The van der Waals surface area contributed by atoms with Gasteiger partial charge >= 0.3 is 0 Å². The molecule has 0 saturated heterocycles. The molecule has 2 aliphatic rings. The third-order valence-electron chi connectivity index (χ3n) is 7.92. The predicted molar refractivity (Wildman–Crippen MR) is 151 cm³/mol. The fraction of sp³-hybridized carbons (Fsp3) is 0.586. The van der Waals surface area contributed by atoms with E-state index in [1.807, 2.05) is 19.3 Å². The van der Waals surface area contributed by atoms with Crippen molar-refractivity contribution in [1.29, 1.82) is 4.78 Å². The first kappa shape index (κ1) is 28.2. The molecule has 35 heavy (non-hydrogen) atoms. The van der Waals surface area contributed by atoms with Gasteiger partial charge in [0.2, 0.25) is 0 Å². The normalized spacial score (nSPS) is 25.5. The fourth-order valence-corrected chi connectivity index (χ4v) is 6.78. The van der Waals surface area contributed by atoms with Crippen molar-refractivity contribution in [3.8, 4) is 0 Å². The Hall–Kier alpha value is -1.40. The van der Waals surface area contributed by atoms with Gasteiger partial charge in [-0.05, 0) is 92.0 Å². The lowest BCUT2D eigenvalue weighted by Gasteiger charge is -2.46. The van der Waals surface area contributed by atoms with Crippen molar-refractivity contribution >= 4 is 22.6 Å². The van der Waals surface area contributed by atoms with Gasteiger partial charge in [-0.15, -0.1) is 0 Å². The van der Waals surface area contributed by atoms with Crippen LogP contribution in [0.1, 0.15) is 56.6 Å². The molecule has 1 saturated carbocycles. The van der Waals surface area contributed by atoms with Crippen LogP contribution in [0.25, 0.3) is 0 Å². The Labute approximate surface area is 220 Å².